The van der Waals surface area contributed by atoms with E-state index in [0.717, 1.165) is 50.3 Å². The third kappa shape index (κ3) is 6.38. The van der Waals surface area contributed by atoms with E-state index in [-0.39, 0.29) is 24.0 Å². The molecule has 0 aliphatic carbocycles. The third-order valence-electron chi connectivity index (χ3n) is 6.95. The van der Waals surface area contributed by atoms with Gasteiger partial charge >= 0.3 is 0 Å². The molecule has 32 heavy (non-hydrogen) atoms. The van der Waals surface area contributed by atoms with Crippen LogP contribution in [0.3, 0.4) is 0 Å². The molecule has 2 atom stereocenters. The van der Waals surface area contributed by atoms with Crippen LogP contribution in [0.4, 0.5) is 0 Å². The molecule has 2 saturated heterocycles. The van der Waals surface area contributed by atoms with Crippen molar-refractivity contribution in [3.8, 4) is 0 Å². The zero-order chi connectivity index (χ0) is 21.6. The van der Waals surface area contributed by atoms with E-state index in [1.807, 2.05) is 31.7 Å². The number of rotatable bonds is 5. The number of benzene rings is 1. The van der Waals surface area contributed by atoms with E-state index in [4.69, 9.17) is 11.6 Å². The lowest BCUT2D eigenvalue weighted by Gasteiger charge is -2.40. The molecule has 2 aliphatic heterocycles. The normalized spacial score (nSPS) is 23.1. The van der Waals surface area contributed by atoms with Gasteiger partial charge in [-0.3, -0.25) is 9.89 Å². The third-order valence-corrected chi connectivity index (χ3v) is 7.31. The number of halogens is 2. The van der Waals surface area contributed by atoms with Crippen molar-refractivity contribution in [2.45, 2.75) is 38.8 Å². The maximum absolute atomic E-state index is 6.34. The van der Waals surface area contributed by atoms with Crippen LogP contribution in [-0.4, -0.2) is 65.1 Å². The molecule has 2 unspecified atom stereocenters. The Morgan fingerprint density at radius 1 is 1.19 bits per heavy atom. The highest BCUT2D eigenvalue weighted by Gasteiger charge is 2.29. The first-order valence-electron chi connectivity index (χ1n) is 11.5. The van der Waals surface area contributed by atoms with Crippen molar-refractivity contribution in [2.24, 2.45) is 16.8 Å². The molecule has 1 N–H and O–H groups in total. The van der Waals surface area contributed by atoms with Gasteiger partial charge in [-0.2, -0.15) is 0 Å². The zero-order valence-electron chi connectivity index (χ0n) is 19.2. The van der Waals surface area contributed by atoms with Crippen LogP contribution in [0.25, 0.3) is 0 Å². The number of hydrogen-bond acceptors (Lipinski definition) is 3. The molecule has 2 fully saturated rings. The SMILES string of the molecule is CN=C(NCC1CCN(Cc2ccccc2Cl)CC1)N1CCC(C)C(n2ccnc2)C1.I. The molecular formula is C24H36ClIN6. The summed E-state index contributed by atoms with van der Waals surface area (Å²) in [7, 11) is 1.90. The molecule has 4 rings (SSSR count). The smallest absolute Gasteiger partial charge is 0.193 e. The second kappa shape index (κ2) is 12.2. The number of nitrogens with one attached hydrogen (secondary N) is 1. The highest BCUT2D eigenvalue weighted by molar-refractivity contribution is 14.0. The number of imidazole rings is 1. The van der Waals surface area contributed by atoms with Crippen LogP contribution in [-0.2, 0) is 6.54 Å². The fourth-order valence-corrected chi connectivity index (χ4v) is 5.07. The van der Waals surface area contributed by atoms with Crippen molar-refractivity contribution in [2.75, 3.05) is 39.8 Å². The Hall–Kier alpha value is -1.32. The van der Waals surface area contributed by atoms with E-state index in [2.05, 4.69) is 54.9 Å². The van der Waals surface area contributed by atoms with Crippen molar-refractivity contribution in [1.29, 1.82) is 0 Å². The van der Waals surface area contributed by atoms with Crippen LogP contribution in [0.15, 0.2) is 48.0 Å². The van der Waals surface area contributed by atoms with Gasteiger partial charge < -0.3 is 14.8 Å². The lowest BCUT2D eigenvalue weighted by atomic mass is 9.93. The van der Waals surface area contributed by atoms with Crippen LogP contribution in [0.5, 0.6) is 0 Å². The van der Waals surface area contributed by atoms with Crippen LogP contribution in [0.2, 0.25) is 5.02 Å². The number of aliphatic imine (C=N–C) groups is 1. The Kier molecular flexibility index (Phi) is 9.67. The first-order valence-corrected chi connectivity index (χ1v) is 11.9. The minimum Gasteiger partial charge on any atom is -0.356 e. The second-order valence-electron chi connectivity index (χ2n) is 9.03. The largest absolute Gasteiger partial charge is 0.356 e. The molecule has 2 aromatic rings. The van der Waals surface area contributed by atoms with Gasteiger partial charge in [-0.05, 0) is 55.8 Å². The van der Waals surface area contributed by atoms with E-state index >= 15 is 0 Å². The van der Waals surface area contributed by atoms with Gasteiger partial charge in [0.05, 0.1) is 12.4 Å². The number of hydrogen-bond donors (Lipinski definition) is 1. The number of nitrogens with zero attached hydrogens (tertiary/aromatic N) is 5. The predicted molar refractivity (Wildman–Crippen MR) is 143 cm³/mol. The summed E-state index contributed by atoms with van der Waals surface area (Å²) in [6.07, 6.45) is 9.49. The highest BCUT2D eigenvalue weighted by atomic mass is 127. The summed E-state index contributed by atoms with van der Waals surface area (Å²) in [6.45, 7) is 8.57. The van der Waals surface area contributed by atoms with Crippen molar-refractivity contribution >= 4 is 41.5 Å². The van der Waals surface area contributed by atoms with Crippen LogP contribution in [0, 0.1) is 11.8 Å². The second-order valence-corrected chi connectivity index (χ2v) is 9.44. The summed E-state index contributed by atoms with van der Waals surface area (Å²) in [5.41, 5.74) is 1.23. The van der Waals surface area contributed by atoms with Crippen LogP contribution >= 0.6 is 35.6 Å². The standard InChI is InChI=1S/C24H35ClN6.HI/c1-19-7-13-30(17-23(19)31-14-10-27-18-31)24(26-2)28-15-20-8-11-29(12-9-20)16-21-5-3-4-6-22(21)25;/h3-6,10,14,18-20,23H,7-9,11-13,15-17H2,1-2H3,(H,26,28);1H. The van der Waals surface area contributed by atoms with E-state index in [1.165, 1.54) is 24.8 Å². The van der Waals surface area contributed by atoms with Gasteiger partial charge in [0.1, 0.15) is 0 Å². The number of guanidine groups is 1. The molecule has 0 radical (unpaired) electrons. The summed E-state index contributed by atoms with van der Waals surface area (Å²) in [5, 5.41) is 4.55. The fourth-order valence-electron chi connectivity index (χ4n) is 4.88. The Bertz CT molecular complexity index is 850. The fraction of sp³-hybridized carbons (Fsp3) is 0.583. The average Bonchev–Trinajstić information content (AvgIpc) is 3.32. The van der Waals surface area contributed by atoms with Gasteiger partial charge in [0.2, 0.25) is 0 Å². The van der Waals surface area contributed by atoms with Gasteiger partial charge in [0.25, 0.3) is 0 Å². The molecule has 176 valence electrons. The summed E-state index contributed by atoms with van der Waals surface area (Å²) >= 11 is 6.34. The molecule has 2 aliphatic rings. The number of aromatic nitrogens is 2. The topological polar surface area (TPSA) is 48.7 Å². The Labute approximate surface area is 214 Å². The lowest BCUT2D eigenvalue weighted by molar-refractivity contribution is 0.173. The van der Waals surface area contributed by atoms with Crippen molar-refractivity contribution < 1.29 is 0 Å². The molecule has 1 aromatic heterocycles. The molecule has 0 amide bonds. The van der Waals surface area contributed by atoms with Gasteiger partial charge in [-0.15, -0.1) is 24.0 Å². The zero-order valence-corrected chi connectivity index (χ0v) is 22.2. The molecular weight excluding hydrogens is 535 g/mol. The predicted octanol–water partition coefficient (Wildman–Crippen LogP) is 4.53. The van der Waals surface area contributed by atoms with Crippen molar-refractivity contribution in [3.05, 3.63) is 53.6 Å². The van der Waals surface area contributed by atoms with E-state index in [0.29, 0.717) is 17.9 Å². The van der Waals surface area contributed by atoms with E-state index in [9.17, 15) is 0 Å². The maximum atomic E-state index is 6.34. The van der Waals surface area contributed by atoms with Gasteiger partial charge in [0.15, 0.2) is 5.96 Å². The maximum Gasteiger partial charge on any atom is 0.193 e. The lowest BCUT2D eigenvalue weighted by Crippen LogP contribution is -2.50. The van der Waals surface area contributed by atoms with Crippen molar-refractivity contribution in [3.63, 3.8) is 0 Å². The first-order chi connectivity index (χ1) is 15.1. The summed E-state index contributed by atoms with van der Waals surface area (Å²) < 4.78 is 2.25. The van der Waals surface area contributed by atoms with Crippen molar-refractivity contribution in [1.82, 2.24) is 24.7 Å². The number of likely N-dealkylation sites (tertiary alicyclic amines) is 2. The van der Waals surface area contributed by atoms with Crippen LogP contribution < -0.4 is 5.32 Å². The Balaban J connectivity index is 0.00000289. The van der Waals surface area contributed by atoms with Gasteiger partial charge in [-0.1, -0.05) is 36.7 Å². The van der Waals surface area contributed by atoms with E-state index in [1.54, 1.807) is 0 Å². The van der Waals surface area contributed by atoms with Gasteiger partial charge in [-0.25, -0.2) is 4.98 Å². The Morgan fingerprint density at radius 2 is 1.97 bits per heavy atom. The molecule has 3 heterocycles. The highest BCUT2D eigenvalue weighted by Crippen LogP contribution is 2.27. The molecule has 0 spiro atoms. The monoisotopic (exact) mass is 570 g/mol. The summed E-state index contributed by atoms with van der Waals surface area (Å²) in [5.74, 6) is 2.37. The first kappa shape index (κ1) is 25.3. The minimum atomic E-state index is 0. The molecule has 0 bridgehead atoms. The molecule has 8 heteroatoms. The van der Waals surface area contributed by atoms with Crippen LogP contribution in [0.1, 0.15) is 37.8 Å². The summed E-state index contributed by atoms with van der Waals surface area (Å²) in [4.78, 5) is 13.8. The quantitative estimate of drug-likeness (QED) is 0.326. The minimum absolute atomic E-state index is 0. The molecule has 0 saturated carbocycles. The molecule has 1 aromatic carbocycles. The average molecular weight is 571 g/mol. The molecule has 6 nitrogen and oxygen atoms in total. The van der Waals surface area contributed by atoms with Gasteiger partial charge in [0, 0.05) is 50.6 Å². The summed E-state index contributed by atoms with van der Waals surface area (Å²) in [6, 6.07) is 8.64. The Morgan fingerprint density at radius 3 is 2.66 bits per heavy atom. The van der Waals surface area contributed by atoms with E-state index < -0.39 is 0 Å². The number of piperidine rings is 2.